The van der Waals surface area contributed by atoms with Crippen LogP contribution >= 0.6 is 11.8 Å². The molecule has 3 rings (SSSR count). The van der Waals surface area contributed by atoms with Gasteiger partial charge in [0.15, 0.2) is 16.7 Å². The fourth-order valence-electron chi connectivity index (χ4n) is 3.06. The van der Waals surface area contributed by atoms with Crippen molar-refractivity contribution in [2.75, 3.05) is 13.7 Å². The first-order valence-electron chi connectivity index (χ1n) is 9.84. The minimum absolute atomic E-state index is 0.137. The van der Waals surface area contributed by atoms with Crippen LogP contribution in [0.15, 0.2) is 59.0 Å². The SMILES string of the molecule is C#CCOc1c(CC=C)cc(/C=C2\SC(=Nc3ccc(CC)cc3)NC2=O)cc1OC. The molecule has 6 heteroatoms. The Balaban J connectivity index is 1.88. The molecule has 2 aromatic carbocycles. The van der Waals surface area contributed by atoms with Crippen molar-refractivity contribution in [3.63, 3.8) is 0 Å². The summed E-state index contributed by atoms with van der Waals surface area (Å²) in [5.74, 6) is 3.41. The Hall–Kier alpha value is -3.43. The number of carbonyl (C=O) groups is 1. The fraction of sp³-hybridized carbons (Fsp3) is 0.200. The molecule has 0 radical (unpaired) electrons. The van der Waals surface area contributed by atoms with Gasteiger partial charge in [-0.2, -0.15) is 0 Å². The van der Waals surface area contributed by atoms with Crippen molar-refractivity contribution in [2.24, 2.45) is 4.99 Å². The van der Waals surface area contributed by atoms with Crippen LogP contribution in [0.25, 0.3) is 6.08 Å². The van der Waals surface area contributed by atoms with Crippen molar-refractivity contribution in [1.29, 1.82) is 0 Å². The number of methoxy groups -OCH3 is 1. The van der Waals surface area contributed by atoms with E-state index >= 15 is 0 Å². The Bertz CT molecular complexity index is 1080. The van der Waals surface area contributed by atoms with E-state index in [1.165, 1.54) is 17.3 Å². The summed E-state index contributed by atoms with van der Waals surface area (Å²) < 4.78 is 11.2. The number of aryl methyl sites for hydroxylation is 1. The normalized spacial score (nSPS) is 15.6. The average molecular weight is 433 g/mol. The largest absolute Gasteiger partial charge is 0.493 e. The molecule has 31 heavy (non-hydrogen) atoms. The zero-order valence-electron chi connectivity index (χ0n) is 17.6. The standard InChI is InChI=1S/C25H24N2O3S/c1-5-8-19-14-18(15-21(29-4)23(19)30-13-6-2)16-22-24(28)27-25(31-22)26-20-11-9-17(7-3)10-12-20/h2,5,9-12,14-16H,1,7-8,13H2,3-4H3,(H,26,27,28)/b22-16-. The minimum atomic E-state index is -0.189. The van der Waals surface area contributed by atoms with Crippen LogP contribution in [0.5, 0.6) is 11.5 Å². The first kappa shape index (κ1) is 22.3. The molecular formula is C25H24N2O3S. The summed E-state index contributed by atoms with van der Waals surface area (Å²) in [6.45, 7) is 6.04. The molecule has 1 fully saturated rings. The smallest absolute Gasteiger partial charge is 0.264 e. The molecule has 0 unspecified atom stereocenters. The lowest BCUT2D eigenvalue weighted by atomic mass is 10.0. The van der Waals surface area contributed by atoms with E-state index in [1.54, 1.807) is 13.2 Å². The van der Waals surface area contributed by atoms with Gasteiger partial charge in [0.05, 0.1) is 17.7 Å². The zero-order valence-corrected chi connectivity index (χ0v) is 18.4. The predicted octanol–water partition coefficient (Wildman–Crippen LogP) is 4.89. The predicted molar refractivity (Wildman–Crippen MR) is 128 cm³/mol. The van der Waals surface area contributed by atoms with Crippen LogP contribution in [0.1, 0.15) is 23.6 Å². The third kappa shape index (κ3) is 5.59. The van der Waals surface area contributed by atoms with Crippen LogP contribution in [-0.4, -0.2) is 24.8 Å². The van der Waals surface area contributed by atoms with E-state index in [9.17, 15) is 4.79 Å². The Morgan fingerprint density at radius 3 is 2.71 bits per heavy atom. The van der Waals surface area contributed by atoms with E-state index in [2.05, 4.69) is 29.7 Å². The lowest BCUT2D eigenvalue weighted by molar-refractivity contribution is -0.115. The van der Waals surface area contributed by atoms with Gasteiger partial charge in [0.2, 0.25) is 0 Å². The second kappa shape index (κ2) is 10.6. The molecule has 1 amide bonds. The van der Waals surface area contributed by atoms with E-state index in [4.69, 9.17) is 15.9 Å². The second-order valence-corrected chi connectivity index (χ2v) is 7.73. The number of thioether (sulfide) groups is 1. The lowest BCUT2D eigenvalue weighted by Gasteiger charge is -2.14. The molecule has 0 spiro atoms. The first-order valence-corrected chi connectivity index (χ1v) is 10.7. The molecule has 1 heterocycles. The Morgan fingerprint density at radius 1 is 1.29 bits per heavy atom. The van der Waals surface area contributed by atoms with Crippen molar-refractivity contribution >= 4 is 34.6 Å². The highest BCUT2D eigenvalue weighted by Gasteiger charge is 2.24. The van der Waals surface area contributed by atoms with Crippen molar-refractivity contribution in [2.45, 2.75) is 19.8 Å². The quantitative estimate of drug-likeness (QED) is 0.367. The van der Waals surface area contributed by atoms with Crippen molar-refractivity contribution < 1.29 is 14.3 Å². The average Bonchev–Trinajstić information content (AvgIpc) is 3.11. The summed E-state index contributed by atoms with van der Waals surface area (Å²) in [6.07, 6.45) is 10.5. The number of amides is 1. The summed E-state index contributed by atoms with van der Waals surface area (Å²) in [5, 5.41) is 3.37. The molecule has 0 aromatic heterocycles. The fourth-order valence-corrected chi connectivity index (χ4v) is 3.90. The molecule has 1 N–H and O–H groups in total. The highest BCUT2D eigenvalue weighted by molar-refractivity contribution is 8.18. The van der Waals surface area contributed by atoms with Crippen molar-refractivity contribution in [3.8, 4) is 23.8 Å². The number of carbonyl (C=O) groups excluding carboxylic acids is 1. The van der Waals surface area contributed by atoms with Crippen LogP contribution in [0, 0.1) is 12.3 Å². The van der Waals surface area contributed by atoms with Gasteiger partial charge in [0.25, 0.3) is 5.91 Å². The molecule has 2 aromatic rings. The van der Waals surface area contributed by atoms with Gasteiger partial charge < -0.3 is 14.8 Å². The summed E-state index contributed by atoms with van der Waals surface area (Å²) in [7, 11) is 1.57. The van der Waals surface area contributed by atoms with E-state index in [0.29, 0.717) is 28.0 Å². The highest BCUT2D eigenvalue weighted by Crippen LogP contribution is 2.36. The number of allylic oxidation sites excluding steroid dienone is 1. The number of benzene rings is 2. The number of hydrogen-bond acceptors (Lipinski definition) is 5. The number of hydrogen-bond donors (Lipinski definition) is 1. The Kier molecular flexibility index (Phi) is 7.58. The van der Waals surface area contributed by atoms with E-state index in [1.807, 2.05) is 42.5 Å². The molecule has 0 bridgehead atoms. The first-order chi connectivity index (χ1) is 15.1. The number of aliphatic imine (C=N–C) groups is 1. The van der Waals surface area contributed by atoms with Gasteiger partial charge in [0.1, 0.15) is 6.61 Å². The van der Waals surface area contributed by atoms with E-state index < -0.39 is 0 Å². The van der Waals surface area contributed by atoms with Gasteiger partial charge in [-0.15, -0.1) is 13.0 Å². The van der Waals surface area contributed by atoms with E-state index in [0.717, 1.165) is 23.2 Å². The molecule has 0 atom stereocenters. The van der Waals surface area contributed by atoms with Gasteiger partial charge in [0, 0.05) is 5.56 Å². The number of rotatable bonds is 8. The maximum absolute atomic E-state index is 12.5. The third-order valence-electron chi connectivity index (χ3n) is 4.56. The maximum Gasteiger partial charge on any atom is 0.264 e. The van der Waals surface area contributed by atoms with Crippen molar-refractivity contribution in [3.05, 3.63) is 70.6 Å². The second-order valence-electron chi connectivity index (χ2n) is 6.70. The Morgan fingerprint density at radius 2 is 2.06 bits per heavy atom. The molecule has 158 valence electrons. The molecule has 0 aliphatic carbocycles. The summed E-state index contributed by atoms with van der Waals surface area (Å²) >= 11 is 1.30. The van der Waals surface area contributed by atoms with Crippen LogP contribution in [0.3, 0.4) is 0 Å². The number of terminal acetylenes is 1. The highest BCUT2D eigenvalue weighted by atomic mass is 32.2. The van der Waals surface area contributed by atoms with Crippen molar-refractivity contribution in [1.82, 2.24) is 5.32 Å². The maximum atomic E-state index is 12.5. The summed E-state index contributed by atoms with van der Waals surface area (Å²) in [5.41, 5.74) is 3.73. The number of nitrogens with one attached hydrogen (secondary N) is 1. The minimum Gasteiger partial charge on any atom is -0.493 e. The Labute approximate surface area is 187 Å². The third-order valence-corrected chi connectivity index (χ3v) is 5.47. The molecule has 1 aliphatic rings. The van der Waals surface area contributed by atoms with E-state index in [-0.39, 0.29) is 12.5 Å². The molecule has 5 nitrogen and oxygen atoms in total. The van der Waals surface area contributed by atoms with Crippen LogP contribution in [0.2, 0.25) is 0 Å². The number of nitrogens with zero attached hydrogens (tertiary/aromatic N) is 1. The lowest BCUT2D eigenvalue weighted by Crippen LogP contribution is -2.19. The summed E-state index contributed by atoms with van der Waals surface area (Å²) in [6, 6.07) is 11.7. The van der Waals surface area contributed by atoms with Crippen LogP contribution in [-0.2, 0) is 17.6 Å². The van der Waals surface area contributed by atoms with Gasteiger partial charge in [-0.3, -0.25) is 4.79 Å². The van der Waals surface area contributed by atoms with Crippen LogP contribution in [0.4, 0.5) is 5.69 Å². The number of ether oxygens (including phenoxy) is 2. The molecule has 0 saturated carbocycles. The molecule has 1 saturated heterocycles. The molecular weight excluding hydrogens is 408 g/mol. The van der Waals surface area contributed by atoms with Gasteiger partial charge in [-0.25, -0.2) is 4.99 Å². The van der Waals surface area contributed by atoms with Gasteiger partial charge >= 0.3 is 0 Å². The number of amidine groups is 1. The summed E-state index contributed by atoms with van der Waals surface area (Å²) in [4.78, 5) is 17.6. The van der Waals surface area contributed by atoms with Crippen LogP contribution < -0.4 is 14.8 Å². The zero-order chi connectivity index (χ0) is 22.2. The van der Waals surface area contributed by atoms with Gasteiger partial charge in [-0.05, 0) is 66.1 Å². The monoisotopic (exact) mass is 432 g/mol. The molecule has 1 aliphatic heterocycles. The van der Waals surface area contributed by atoms with Gasteiger partial charge in [-0.1, -0.05) is 31.1 Å². The topological polar surface area (TPSA) is 59.9 Å².